The predicted molar refractivity (Wildman–Crippen MR) is 108 cm³/mol. The number of amides is 2. The minimum Gasteiger partial charge on any atom is -0.495 e. The lowest BCUT2D eigenvalue weighted by Gasteiger charge is -2.20. The zero-order valence-corrected chi connectivity index (χ0v) is 18.1. The Labute approximate surface area is 167 Å². The van der Waals surface area contributed by atoms with Crippen molar-refractivity contribution in [2.45, 2.75) is 51.5 Å². The SMILES string of the molecule is CCC(C)NC(=O)CCNC(=O)c1ccc(OC)c(S(=O)(=O)N(CC)CC)c1. The molecule has 0 aliphatic heterocycles. The molecule has 0 aromatic heterocycles. The van der Waals surface area contributed by atoms with Gasteiger partial charge < -0.3 is 15.4 Å². The molecule has 9 heteroatoms. The summed E-state index contributed by atoms with van der Waals surface area (Å²) in [6, 6.07) is 4.34. The van der Waals surface area contributed by atoms with Gasteiger partial charge in [-0.3, -0.25) is 9.59 Å². The van der Waals surface area contributed by atoms with Crippen LogP contribution in [0.3, 0.4) is 0 Å². The van der Waals surface area contributed by atoms with Crippen molar-refractivity contribution < 1.29 is 22.7 Å². The topological polar surface area (TPSA) is 105 Å². The van der Waals surface area contributed by atoms with Crippen LogP contribution in [-0.2, 0) is 14.8 Å². The molecule has 1 rings (SSSR count). The maximum atomic E-state index is 12.8. The second-order valence-electron chi connectivity index (χ2n) is 6.34. The molecule has 1 unspecified atom stereocenters. The van der Waals surface area contributed by atoms with Gasteiger partial charge in [-0.15, -0.1) is 0 Å². The van der Waals surface area contributed by atoms with Gasteiger partial charge in [-0.1, -0.05) is 20.8 Å². The zero-order chi connectivity index (χ0) is 21.3. The number of benzene rings is 1. The third-order valence-corrected chi connectivity index (χ3v) is 6.48. The highest BCUT2D eigenvalue weighted by Crippen LogP contribution is 2.27. The molecule has 1 aromatic rings. The highest BCUT2D eigenvalue weighted by atomic mass is 32.2. The quantitative estimate of drug-likeness (QED) is 0.575. The van der Waals surface area contributed by atoms with Gasteiger partial charge in [-0.25, -0.2) is 8.42 Å². The summed E-state index contributed by atoms with van der Waals surface area (Å²) in [5, 5.41) is 5.47. The van der Waals surface area contributed by atoms with E-state index in [1.165, 1.54) is 29.6 Å². The highest BCUT2D eigenvalue weighted by Gasteiger charge is 2.26. The van der Waals surface area contributed by atoms with E-state index < -0.39 is 15.9 Å². The van der Waals surface area contributed by atoms with Crippen LogP contribution in [0.5, 0.6) is 5.75 Å². The highest BCUT2D eigenvalue weighted by molar-refractivity contribution is 7.89. The van der Waals surface area contributed by atoms with E-state index in [4.69, 9.17) is 4.74 Å². The molecule has 0 saturated heterocycles. The van der Waals surface area contributed by atoms with Crippen molar-refractivity contribution in [2.75, 3.05) is 26.7 Å². The molecule has 0 spiro atoms. The summed E-state index contributed by atoms with van der Waals surface area (Å²) in [5.41, 5.74) is 0.189. The van der Waals surface area contributed by atoms with Crippen LogP contribution in [0.25, 0.3) is 0 Å². The summed E-state index contributed by atoms with van der Waals surface area (Å²) in [7, 11) is -2.40. The van der Waals surface area contributed by atoms with Crippen molar-refractivity contribution in [3.05, 3.63) is 23.8 Å². The van der Waals surface area contributed by atoms with Crippen molar-refractivity contribution >= 4 is 21.8 Å². The Hall–Kier alpha value is -2.13. The van der Waals surface area contributed by atoms with E-state index in [1.54, 1.807) is 13.8 Å². The number of carbonyl (C=O) groups excluding carboxylic acids is 2. The molecule has 0 saturated carbocycles. The van der Waals surface area contributed by atoms with E-state index in [2.05, 4.69) is 10.6 Å². The van der Waals surface area contributed by atoms with Gasteiger partial charge in [0.25, 0.3) is 5.91 Å². The second kappa shape index (κ2) is 11.0. The van der Waals surface area contributed by atoms with Gasteiger partial charge in [-0.2, -0.15) is 4.31 Å². The van der Waals surface area contributed by atoms with Gasteiger partial charge >= 0.3 is 0 Å². The average molecular weight is 414 g/mol. The summed E-state index contributed by atoms with van der Waals surface area (Å²) in [6.07, 6.45) is 0.977. The monoisotopic (exact) mass is 413 g/mol. The number of methoxy groups -OCH3 is 1. The molecular weight excluding hydrogens is 382 g/mol. The third-order valence-electron chi connectivity index (χ3n) is 4.41. The lowest BCUT2D eigenvalue weighted by Crippen LogP contribution is -2.35. The van der Waals surface area contributed by atoms with Crippen molar-refractivity contribution in [3.63, 3.8) is 0 Å². The normalized spacial score (nSPS) is 12.5. The first kappa shape index (κ1) is 23.9. The number of nitrogens with zero attached hydrogens (tertiary/aromatic N) is 1. The molecule has 28 heavy (non-hydrogen) atoms. The number of rotatable bonds is 11. The smallest absolute Gasteiger partial charge is 0.251 e. The molecule has 1 aromatic carbocycles. The molecule has 1 atom stereocenters. The Balaban J connectivity index is 2.92. The van der Waals surface area contributed by atoms with Crippen molar-refractivity contribution in [1.82, 2.24) is 14.9 Å². The van der Waals surface area contributed by atoms with Crippen LogP contribution >= 0.6 is 0 Å². The van der Waals surface area contributed by atoms with Crippen molar-refractivity contribution in [2.24, 2.45) is 0 Å². The molecule has 2 amide bonds. The predicted octanol–water partition coefficient (Wildman–Crippen LogP) is 1.76. The van der Waals surface area contributed by atoms with Crippen molar-refractivity contribution in [3.8, 4) is 5.75 Å². The Kier molecular flexibility index (Phi) is 9.40. The zero-order valence-electron chi connectivity index (χ0n) is 17.2. The van der Waals surface area contributed by atoms with Crippen LogP contribution in [0.4, 0.5) is 0 Å². The maximum absolute atomic E-state index is 12.8. The molecular formula is C19H31N3O5S. The fourth-order valence-electron chi connectivity index (χ4n) is 2.56. The molecule has 2 N–H and O–H groups in total. The molecule has 0 bridgehead atoms. The van der Waals surface area contributed by atoms with Crippen LogP contribution < -0.4 is 15.4 Å². The van der Waals surface area contributed by atoms with E-state index in [0.29, 0.717) is 13.1 Å². The lowest BCUT2D eigenvalue weighted by molar-refractivity contribution is -0.121. The first-order valence-corrected chi connectivity index (χ1v) is 10.9. The van der Waals surface area contributed by atoms with E-state index in [-0.39, 0.29) is 41.1 Å². The summed E-state index contributed by atoms with van der Waals surface area (Å²) in [4.78, 5) is 24.1. The summed E-state index contributed by atoms with van der Waals surface area (Å²) < 4.78 is 32.2. The minimum atomic E-state index is -3.79. The summed E-state index contributed by atoms with van der Waals surface area (Å²) in [6.45, 7) is 8.15. The van der Waals surface area contributed by atoms with Gasteiger partial charge in [0, 0.05) is 37.7 Å². The third kappa shape index (κ3) is 6.20. The van der Waals surface area contributed by atoms with E-state index in [0.717, 1.165) is 6.42 Å². The first-order chi connectivity index (χ1) is 13.2. The number of hydrogen-bond acceptors (Lipinski definition) is 5. The second-order valence-corrected chi connectivity index (χ2v) is 8.24. The summed E-state index contributed by atoms with van der Waals surface area (Å²) >= 11 is 0. The van der Waals surface area contributed by atoms with Crippen LogP contribution in [-0.4, -0.2) is 57.3 Å². The number of carbonyl (C=O) groups is 2. The fourth-order valence-corrected chi connectivity index (χ4v) is 4.20. The number of nitrogens with one attached hydrogen (secondary N) is 2. The van der Waals surface area contributed by atoms with E-state index in [1.807, 2.05) is 13.8 Å². The van der Waals surface area contributed by atoms with Crippen molar-refractivity contribution in [1.29, 1.82) is 0 Å². The van der Waals surface area contributed by atoms with Crippen LogP contribution in [0.2, 0.25) is 0 Å². The molecule has 158 valence electrons. The minimum absolute atomic E-state index is 0.0548. The fraction of sp³-hybridized carbons (Fsp3) is 0.579. The van der Waals surface area contributed by atoms with E-state index in [9.17, 15) is 18.0 Å². The van der Waals surface area contributed by atoms with Crippen LogP contribution in [0, 0.1) is 0 Å². The van der Waals surface area contributed by atoms with Gasteiger partial charge in [-0.05, 0) is 31.5 Å². The standard InChI is InChI=1S/C19H31N3O5S/c1-6-14(4)21-18(23)11-12-20-19(24)15-9-10-16(27-5)17(13-15)28(25,26)22(7-2)8-3/h9-10,13-14H,6-8,11-12H2,1-5H3,(H,20,24)(H,21,23). The van der Waals surface area contributed by atoms with Crippen LogP contribution in [0.1, 0.15) is 50.9 Å². The Morgan fingerprint density at radius 3 is 2.36 bits per heavy atom. The number of ether oxygens (including phenoxy) is 1. The van der Waals surface area contributed by atoms with Crippen LogP contribution in [0.15, 0.2) is 23.1 Å². The maximum Gasteiger partial charge on any atom is 0.251 e. The lowest BCUT2D eigenvalue weighted by atomic mass is 10.2. The molecule has 0 radical (unpaired) electrons. The van der Waals surface area contributed by atoms with Gasteiger partial charge in [0.1, 0.15) is 10.6 Å². The molecule has 0 fully saturated rings. The number of sulfonamides is 1. The molecule has 8 nitrogen and oxygen atoms in total. The Morgan fingerprint density at radius 1 is 1.18 bits per heavy atom. The van der Waals surface area contributed by atoms with Gasteiger partial charge in [0.2, 0.25) is 15.9 Å². The average Bonchev–Trinajstić information content (AvgIpc) is 2.67. The van der Waals surface area contributed by atoms with E-state index >= 15 is 0 Å². The molecule has 0 aliphatic carbocycles. The van der Waals surface area contributed by atoms with Gasteiger partial charge in [0.05, 0.1) is 7.11 Å². The first-order valence-electron chi connectivity index (χ1n) is 9.46. The number of hydrogen-bond donors (Lipinski definition) is 2. The molecule has 0 aliphatic rings. The summed E-state index contributed by atoms with van der Waals surface area (Å²) in [5.74, 6) is -0.416. The Bertz CT molecular complexity index is 776. The molecule has 0 heterocycles. The Morgan fingerprint density at radius 2 is 1.82 bits per heavy atom. The largest absolute Gasteiger partial charge is 0.495 e. The van der Waals surface area contributed by atoms with Gasteiger partial charge in [0.15, 0.2) is 0 Å².